The molecule has 2 aromatic rings. The van der Waals surface area contributed by atoms with E-state index in [1.165, 1.54) is 0 Å². The molecular weight excluding hydrogens is 240 g/mol. The number of hydrogen-bond donors (Lipinski definition) is 3. The van der Waals surface area contributed by atoms with Crippen molar-refractivity contribution in [3.63, 3.8) is 0 Å². The van der Waals surface area contributed by atoms with Crippen LogP contribution in [0.3, 0.4) is 0 Å². The van der Waals surface area contributed by atoms with Crippen LogP contribution in [0.1, 0.15) is 24.7 Å². The summed E-state index contributed by atoms with van der Waals surface area (Å²) >= 11 is 0. The highest BCUT2D eigenvalue weighted by Gasteiger charge is 2.06. The molecule has 19 heavy (non-hydrogen) atoms. The number of anilines is 2. The van der Waals surface area contributed by atoms with Gasteiger partial charge in [-0.3, -0.25) is 4.79 Å². The van der Waals surface area contributed by atoms with Crippen molar-refractivity contribution in [3.8, 4) is 0 Å². The highest BCUT2D eigenvalue weighted by atomic mass is 16.1. The van der Waals surface area contributed by atoms with Crippen LogP contribution in [-0.4, -0.2) is 15.9 Å². The molecular formula is C14H18N4O. The molecule has 5 nitrogen and oxygen atoms in total. The summed E-state index contributed by atoms with van der Waals surface area (Å²) in [6.07, 6.45) is 3.99. The molecule has 0 aliphatic carbocycles. The highest BCUT2D eigenvalue weighted by molar-refractivity contribution is 5.92. The van der Waals surface area contributed by atoms with E-state index in [0.717, 1.165) is 22.8 Å². The molecule has 1 heterocycles. The Balaban J connectivity index is 2.08. The van der Waals surface area contributed by atoms with Crippen molar-refractivity contribution in [2.45, 2.75) is 26.8 Å². The minimum atomic E-state index is 0.0197. The number of rotatable bonds is 5. The molecule has 0 aliphatic heterocycles. The Kier molecular flexibility index (Phi) is 4.18. The molecule has 100 valence electrons. The zero-order valence-electron chi connectivity index (χ0n) is 11.2. The molecule has 1 amide bonds. The normalized spacial score (nSPS) is 10.2. The zero-order valence-corrected chi connectivity index (χ0v) is 11.2. The van der Waals surface area contributed by atoms with Crippen LogP contribution in [0.15, 0.2) is 30.6 Å². The molecule has 5 heteroatoms. The highest BCUT2D eigenvalue weighted by Crippen LogP contribution is 2.23. The average Bonchev–Trinajstić information content (AvgIpc) is 2.93. The zero-order chi connectivity index (χ0) is 13.7. The van der Waals surface area contributed by atoms with Gasteiger partial charge in [0.05, 0.1) is 6.54 Å². The summed E-state index contributed by atoms with van der Waals surface area (Å²) in [5, 5.41) is 6.19. The van der Waals surface area contributed by atoms with Gasteiger partial charge in [-0.15, -0.1) is 0 Å². The van der Waals surface area contributed by atoms with Crippen molar-refractivity contribution in [1.82, 2.24) is 9.97 Å². The fourth-order valence-electron chi connectivity index (χ4n) is 1.77. The number of hydrogen-bond acceptors (Lipinski definition) is 3. The van der Waals surface area contributed by atoms with Gasteiger partial charge in [-0.25, -0.2) is 4.98 Å². The van der Waals surface area contributed by atoms with Crippen molar-refractivity contribution in [2.75, 3.05) is 10.6 Å². The molecule has 0 saturated carbocycles. The van der Waals surface area contributed by atoms with Gasteiger partial charge in [-0.2, -0.15) is 0 Å². The monoisotopic (exact) mass is 258 g/mol. The third-order valence-corrected chi connectivity index (χ3v) is 2.93. The predicted octanol–water partition coefficient (Wildman–Crippen LogP) is 2.68. The molecule has 0 spiro atoms. The number of imidazole rings is 1. The molecule has 0 fully saturated rings. The predicted molar refractivity (Wildman–Crippen MR) is 76.0 cm³/mol. The number of benzene rings is 1. The average molecular weight is 258 g/mol. The lowest BCUT2D eigenvalue weighted by atomic mass is 10.1. The Morgan fingerprint density at radius 1 is 1.37 bits per heavy atom. The Hall–Kier alpha value is -2.30. The molecule has 0 saturated heterocycles. The summed E-state index contributed by atoms with van der Waals surface area (Å²) in [6, 6.07) is 5.81. The van der Waals surface area contributed by atoms with E-state index in [1.54, 1.807) is 12.4 Å². The molecule has 0 aliphatic rings. The van der Waals surface area contributed by atoms with Crippen molar-refractivity contribution in [2.24, 2.45) is 0 Å². The maximum absolute atomic E-state index is 11.4. The van der Waals surface area contributed by atoms with Crippen molar-refractivity contribution < 1.29 is 4.79 Å². The number of H-pyrrole nitrogens is 1. The van der Waals surface area contributed by atoms with Crippen molar-refractivity contribution >= 4 is 17.3 Å². The molecule has 1 aromatic carbocycles. The lowest BCUT2D eigenvalue weighted by molar-refractivity contribution is -0.115. The van der Waals surface area contributed by atoms with Crippen LogP contribution in [0.5, 0.6) is 0 Å². The lowest BCUT2D eigenvalue weighted by Crippen LogP contribution is -2.11. The number of aromatic nitrogens is 2. The minimum absolute atomic E-state index is 0.0197. The number of carbonyl (C=O) groups is 1. The number of carbonyl (C=O) groups excluding carboxylic acids is 1. The van der Waals surface area contributed by atoms with Crippen molar-refractivity contribution in [3.05, 3.63) is 42.0 Å². The quantitative estimate of drug-likeness (QED) is 0.772. The van der Waals surface area contributed by atoms with Gasteiger partial charge in [0, 0.05) is 30.2 Å². The summed E-state index contributed by atoms with van der Waals surface area (Å²) in [4.78, 5) is 18.6. The van der Waals surface area contributed by atoms with Gasteiger partial charge in [0.1, 0.15) is 5.82 Å². The number of nitrogens with one attached hydrogen (secondary N) is 3. The Morgan fingerprint density at radius 2 is 2.16 bits per heavy atom. The van der Waals surface area contributed by atoms with E-state index < -0.39 is 0 Å². The van der Waals surface area contributed by atoms with Gasteiger partial charge < -0.3 is 15.6 Å². The lowest BCUT2D eigenvalue weighted by Gasteiger charge is -2.13. The fourth-order valence-corrected chi connectivity index (χ4v) is 1.77. The minimum Gasteiger partial charge on any atom is -0.378 e. The van der Waals surface area contributed by atoms with Crippen LogP contribution in [0.2, 0.25) is 0 Å². The SMILES string of the molecule is CCC(=O)Nc1cccc(NCc2ncc[nH]2)c1C. The van der Waals surface area contributed by atoms with Crippen LogP contribution in [0.25, 0.3) is 0 Å². The summed E-state index contributed by atoms with van der Waals surface area (Å²) in [5.41, 5.74) is 2.86. The molecule has 1 aromatic heterocycles. The molecule has 2 rings (SSSR count). The molecule has 0 unspecified atom stereocenters. The van der Waals surface area contributed by atoms with E-state index in [1.807, 2.05) is 32.0 Å². The van der Waals surface area contributed by atoms with E-state index in [0.29, 0.717) is 13.0 Å². The topological polar surface area (TPSA) is 69.8 Å². The first-order valence-corrected chi connectivity index (χ1v) is 6.32. The van der Waals surface area contributed by atoms with Crippen LogP contribution in [0, 0.1) is 6.92 Å². The van der Waals surface area contributed by atoms with E-state index in [9.17, 15) is 4.79 Å². The fraction of sp³-hybridized carbons (Fsp3) is 0.286. The Bertz CT molecular complexity index is 549. The number of aromatic amines is 1. The maximum Gasteiger partial charge on any atom is 0.224 e. The van der Waals surface area contributed by atoms with Crippen LogP contribution in [0.4, 0.5) is 11.4 Å². The van der Waals surface area contributed by atoms with Crippen LogP contribution >= 0.6 is 0 Å². The van der Waals surface area contributed by atoms with Gasteiger partial charge in [0.2, 0.25) is 5.91 Å². The number of nitrogens with zero attached hydrogens (tertiary/aromatic N) is 1. The molecule has 0 bridgehead atoms. The summed E-state index contributed by atoms with van der Waals surface area (Å²) < 4.78 is 0. The Morgan fingerprint density at radius 3 is 2.84 bits per heavy atom. The first-order valence-electron chi connectivity index (χ1n) is 6.32. The largest absolute Gasteiger partial charge is 0.378 e. The van der Waals surface area contributed by atoms with E-state index in [2.05, 4.69) is 20.6 Å². The summed E-state index contributed by atoms with van der Waals surface area (Å²) in [6.45, 7) is 4.44. The first kappa shape index (κ1) is 13.1. The van der Waals surface area contributed by atoms with Gasteiger partial charge in [-0.1, -0.05) is 13.0 Å². The first-order chi connectivity index (χ1) is 9.20. The van der Waals surface area contributed by atoms with E-state index in [-0.39, 0.29) is 5.91 Å². The van der Waals surface area contributed by atoms with Gasteiger partial charge >= 0.3 is 0 Å². The molecule has 0 radical (unpaired) electrons. The van der Waals surface area contributed by atoms with Crippen LogP contribution < -0.4 is 10.6 Å². The smallest absolute Gasteiger partial charge is 0.224 e. The van der Waals surface area contributed by atoms with E-state index in [4.69, 9.17) is 0 Å². The third-order valence-electron chi connectivity index (χ3n) is 2.93. The second-order valence-corrected chi connectivity index (χ2v) is 4.27. The third kappa shape index (κ3) is 3.34. The van der Waals surface area contributed by atoms with E-state index >= 15 is 0 Å². The van der Waals surface area contributed by atoms with Crippen molar-refractivity contribution in [1.29, 1.82) is 0 Å². The molecule has 0 atom stereocenters. The standard InChI is InChI=1S/C14H18N4O/c1-3-14(19)18-12-6-4-5-11(10(12)2)17-9-13-15-7-8-16-13/h4-8,17H,3,9H2,1-2H3,(H,15,16)(H,18,19). The maximum atomic E-state index is 11.4. The van der Waals surface area contributed by atoms with Gasteiger partial charge in [0.25, 0.3) is 0 Å². The second kappa shape index (κ2) is 6.04. The van der Waals surface area contributed by atoms with Gasteiger partial charge in [0.15, 0.2) is 0 Å². The second-order valence-electron chi connectivity index (χ2n) is 4.27. The summed E-state index contributed by atoms with van der Waals surface area (Å²) in [5.74, 6) is 0.897. The Labute approximate surface area is 112 Å². The molecule has 3 N–H and O–H groups in total. The van der Waals surface area contributed by atoms with Gasteiger partial charge in [-0.05, 0) is 24.6 Å². The summed E-state index contributed by atoms with van der Waals surface area (Å²) in [7, 11) is 0. The van der Waals surface area contributed by atoms with Crippen LogP contribution in [-0.2, 0) is 11.3 Å². The number of amides is 1.